The van der Waals surface area contributed by atoms with Gasteiger partial charge in [-0.3, -0.25) is 0 Å². The molecule has 2 heterocycles. The summed E-state index contributed by atoms with van der Waals surface area (Å²) in [5.41, 5.74) is 1.07. The number of carbonyl (C=O) groups is 2. The molecule has 1 aliphatic heterocycles. The van der Waals surface area contributed by atoms with E-state index in [1.807, 2.05) is 0 Å². The van der Waals surface area contributed by atoms with Crippen LogP contribution in [0.3, 0.4) is 0 Å². The monoisotopic (exact) mass is 815 g/mol. The lowest BCUT2D eigenvalue weighted by atomic mass is 9.98. The van der Waals surface area contributed by atoms with Crippen molar-refractivity contribution in [3.8, 4) is 11.5 Å². The third kappa shape index (κ3) is 11.0. The number of carbonyl (C=O) groups excluding carboxylic acids is 2. The van der Waals surface area contributed by atoms with Crippen molar-refractivity contribution in [3.05, 3.63) is 122 Å². The summed E-state index contributed by atoms with van der Waals surface area (Å²) >= 11 is 12.8. The molecule has 0 amide bonds. The first-order valence-electron chi connectivity index (χ1n) is 18.5. The normalized spacial score (nSPS) is 15.9. The Balaban J connectivity index is 1.25. The Morgan fingerprint density at radius 2 is 1.64 bits per heavy atom. The number of esters is 2. The first-order chi connectivity index (χ1) is 27.0. The zero-order valence-corrected chi connectivity index (χ0v) is 32.1. The molecule has 1 unspecified atom stereocenters. The molecule has 2 fully saturated rings. The number of likely N-dealkylation sites (tertiary alicyclic amines) is 1. The lowest BCUT2D eigenvalue weighted by Crippen LogP contribution is -2.35. The van der Waals surface area contributed by atoms with Crippen molar-refractivity contribution in [1.82, 2.24) is 4.90 Å². The smallest absolute Gasteiger partial charge is 0.387 e. The molecular weight excluding hydrogens is 774 g/mol. The van der Waals surface area contributed by atoms with Crippen LogP contribution in [0.25, 0.3) is 0 Å². The molecule has 0 spiro atoms. The van der Waals surface area contributed by atoms with Crippen molar-refractivity contribution in [3.63, 3.8) is 0 Å². The molecule has 10 nitrogen and oxygen atoms in total. The Bertz CT molecular complexity index is 1970. The number of anilines is 1. The minimum Gasteiger partial charge on any atom is -0.619 e. The van der Waals surface area contributed by atoms with Gasteiger partial charge >= 0.3 is 18.6 Å². The van der Waals surface area contributed by atoms with Crippen molar-refractivity contribution in [2.24, 2.45) is 11.8 Å². The molecule has 2 aliphatic rings. The molecule has 4 aromatic rings. The fraction of sp³-hybridized carbons (Fsp3) is 0.390. The number of nitrogens with one attached hydrogen (secondary N) is 1. The molecule has 1 aliphatic carbocycles. The number of piperidine rings is 1. The van der Waals surface area contributed by atoms with Gasteiger partial charge in [0.2, 0.25) is 0 Å². The highest BCUT2D eigenvalue weighted by atomic mass is 35.5. The predicted octanol–water partition coefficient (Wildman–Crippen LogP) is 8.73. The standard InChI is InChI=1S/C41H42Cl2F3N3O7/c1-2-48-16-14-26(15-17-48)24-54-40(51)38(30-8-3-4-9-34(30)44)47-29-7-5-6-28(18-29)39(50)55-36(20-31-32(42)21-49(52)22-33(31)43)27-12-13-35(56-41(45)46)37(19-27)53-23-25-10-11-25/h3-9,12-13,18-19,21-22,25-26,36,38,41,47H,2,10-11,14-17,20,23-24H2,1H3/t36-,38?/m0/s1. The van der Waals surface area contributed by atoms with Crippen LogP contribution >= 0.6 is 23.2 Å². The van der Waals surface area contributed by atoms with E-state index in [4.69, 9.17) is 42.1 Å². The van der Waals surface area contributed by atoms with E-state index >= 15 is 4.39 Å². The number of alkyl halides is 2. The number of nitrogens with zero attached hydrogens (tertiary/aromatic N) is 2. The SMILES string of the molecule is CCN1CCC(COC(=O)C(Nc2cccc(C(=O)O[C@@H](Cc3c(Cl)c[n+]([O-])cc3Cl)c3ccc(OC(F)F)c(OCC4CC4)c3)c2)c2ccccc2F)CC1. The average molecular weight is 817 g/mol. The zero-order chi connectivity index (χ0) is 39.8. The Kier molecular flexibility index (Phi) is 13.8. The molecule has 0 radical (unpaired) electrons. The van der Waals surface area contributed by atoms with Crippen LogP contribution in [0.2, 0.25) is 10.0 Å². The van der Waals surface area contributed by atoms with Crippen molar-refractivity contribution in [2.75, 3.05) is 38.2 Å². The summed E-state index contributed by atoms with van der Waals surface area (Å²) in [6.45, 7) is 2.27. The van der Waals surface area contributed by atoms with Gasteiger partial charge < -0.3 is 34.4 Å². The van der Waals surface area contributed by atoms with Gasteiger partial charge in [0.05, 0.1) is 18.8 Å². The lowest BCUT2D eigenvalue weighted by molar-refractivity contribution is -0.605. The molecule has 3 aromatic carbocycles. The summed E-state index contributed by atoms with van der Waals surface area (Å²) < 4.78 is 64.5. The fourth-order valence-corrected chi connectivity index (χ4v) is 7.09. The average Bonchev–Trinajstić information content (AvgIpc) is 4.02. The fourth-order valence-electron chi connectivity index (χ4n) is 6.49. The number of rotatable bonds is 17. The summed E-state index contributed by atoms with van der Waals surface area (Å²) in [6, 6.07) is 15.0. The Morgan fingerprint density at radius 3 is 2.32 bits per heavy atom. The van der Waals surface area contributed by atoms with Crippen LogP contribution in [0.4, 0.5) is 18.9 Å². The van der Waals surface area contributed by atoms with E-state index in [9.17, 15) is 23.6 Å². The Labute approximate surface area is 333 Å². The van der Waals surface area contributed by atoms with Gasteiger partial charge in [0.1, 0.15) is 22.0 Å². The maximum atomic E-state index is 15.1. The molecule has 56 heavy (non-hydrogen) atoms. The first kappa shape index (κ1) is 40.9. The lowest BCUT2D eigenvalue weighted by Gasteiger charge is -2.31. The number of hydrogen-bond acceptors (Lipinski definition) is 9. The topological polar surface area (TPSA) is 113 Å². The van der Waals surface area contributed by atoms with Gasteiger partial charge in [0, 0.05) is 23.2 Å². The third-order valence-corrected chi connectivity index (χ3v) is 10.6. The molecular formula is C41H42Cl2F3N3O7. The minimum atomic E-state index is -3.11. The van der Waals surface area contributed by atoms with E-state index in [0.717, 1.165) is 57.7 Å². The van der Waals surface area contributed by atoms with Crippen LogP contribution in [0, 0.1) is 22.9 Å². The van der Waals surface area contributed by atoms with E-state index in [1.165, 1.54) is 48.5 Å². The number of aromatic nitrogens is 1. The minimum absolute atomic E-state index is 0.0140. The molecule has 298 valence electrons. The second-order valence-corrected chi connectivity index (χ2v) is 14.7. The quantitative estimate of drug-likeness (QED) is 0.0635. The maximum absolute atomic E-state index is 15.1. The van der Waals surface area contributed by atoms with Crippen LogP contribution in [0.15, 0.2) is 79.1 Å². The largest absolute Gasteiger partial charge is 0.619 e. The van der Waals surface area contributed by atoms with E-state index in [-0.39, 0.29) is 64.1 Å². The number of ether oxygens (including phenoxy) is 4. The molecule has 1 saturated heterocycles. The molecule has 1 N–H and O–H groups in total. The highest BCUT2D eigenvalue weighted by Crippen LogP contribution is 2.38. The number of benzene rings is 3. The maximum Gasteiger partial charge on any atom is 0.387 e. The van der Waals surface area contributed by atoms with E-state index in [2.05, 4.69) is 17.1 Å². The number of halogens is 5. The van der Waals surface area contributed by atoms with Crippen LogP contribution in [-0.4, -0.2) is 56.3 Å². The number of pyridine rings is 1. The van der Waals surface area contributed by atoms with Crippen molar-refractivity contribution >= 4 is 40.8 Å². The second-order valence-electron chi connectivity index (χ2n) is 13.9. The van der Waals surface area contributed by atoms with Crippen molar-refractivity contribution in [1.29, 1.82) is 0 Å². The van der Waals surface area contributed by atoms with Gasteiger partial charge in [0.25, 0.3) is 0 Å². The van der Waals surface area contributed by atoms with Crippen LogP contribution < -0.4 is 19.5 Å². The number of hydrogen-bond donors (Lipinski definition) is 1. The molecule has 15 heteroatoms. The van der Waals surface area contributed by atoms with Gasteiger partial charge in [-0.1, -0.05) is 60.5 Å². The van der Waals surface area contributed by atoms with Gasteiger partial charge in [0.15, 0.2) is 29.9 Å². The van der Waals surface area contributed by atoms with Crippen molar-refractivity contribution in [2.45, 2.75) is 57.8 Å². The summed E-state index contributed by atoms with van der Waals surface area (Å²) in [4.78, 5) is 29.8. The molecule has 2 atom stereocenters. The first-order valence-corrected chi connectivity index (χ1v) is 19.2. The van der Waals surface area contributed by atoms with E-state index < -0.39 is 36.5 Å². The second kappa shape index (κ2) is 18.9. The van der Waals surface area contributed by atoms with Gasteiger partial charge in [-0.05, 0) is 99.1 Å². The van der Waals surface area contributed by atoms with Gasteiger partial charge in [-0.25, -0.2) is 14.0 Å². The van der Waals surface area contributed by atoms with Crippen LogP contribution in [-0.2, 0) is 20.7 Å². The summed E-state index contributed by atoms with van der Waals surface area (Å²) in [5, 5.41) is 15.1. The Morgan fingerprint density at radius 1 is 0.929 bits per heavy atom. The Hall–Kier alpha value is -4.72. The summed E-state index contributed by atoms with van der Waals surface area (Å²) in [6.07, 6.45) is 4.64. The summed E-state index contributed by atoms with van der Waals surface area (Å²) in [5.74, 6) is -1.78. The highest BCUT2D eigenvalue weighted by molar-refractivity contribution is 6.35. The van der Waals surface area contributed by atoms with E-state index in [1.54, 1.807) is 18.2 Å². The zero-order valence-electron chi connectivity index (χ0n) is 30.6. The van der Waals surface area contributed by atoms with Gasteiger partial charge in [-0.15, -0.1) is 0 Å². The molecule has 6 rings (SSSR count). The predicted molar refractivity (Wildman–Crippen MR) is 204 cm³/mol. The van der Waals surface area contributed by atoms with E-state index in [0.29, 0.717) is 21.5 Å². The molecule has 0 bridgehead atoms. The van der Waals surface area contributed by atoms with Gasteiger partial charge in [-0.2, -0.15) is 13.5 Å². The van der Waals surface area contributed by atoms with Crippen LogP contribution in [0.1, 0.15) is 71.8 Å². The van der Waals surface area contributed by atoms with Crippen LogP contribution in [0.5, 0.6) is 11.5 Å². The highest BCUT2D eigenvalue weighted by Gasteiger charge is 2.29. The third-order valence-electron chi connectivity index (χ3n) is 9.90. The van der Waals surface area contributed by atoms with Crippen molar-refractivity contribution < 1.29 is 46.4 Å². The summed E-state index contributed by atoms with van der Waals surface area (Å²) in [7, 11) is 0. The molecule has 1 aromatic heterocycles. The molecule has 1 saturated carbocycles.